The highest BCUT2D eigenvalue weighted by molar-refractivity contribution is 9.10. The summed E-state index contributed by atoms with van der Waals surface area (Å²) < 4.78 is 0.912. The fraction of sp³-hybridized carbons (Fsp3) is 0. The smallest absolute Gasteiger partial charge is 0.205 e. The van der Waals surface area contributed by atoms with Crippen LogP contribution in [0.25, 0.3) is 17.2 Å². The van der Waals surface area contributed by atoms with Gasteiger partial charge in [0, 0.05) is 16.2 Å². The maximum atomic E-state index is 4.30. The Labute approximate surface area is 112 Å². The Kier molecular flexibility index (Phi) is 2.85. The second-order valence-electron chi connectivity index (χ2n) is 3.60. The molecule has 0 fully saturated rings. The van der Waals surface area contributed by atoms with Gasteiger partial charge in [-0.1, -0.05) is 30.3 Å². The maximum absolute atomic E-state index is 4.30. The molecule has 5 nitrogen and oxygen atoms in total. The van der Waals surface area contributed by atoms with Gasteiger partial charge in [0.05, 0.1) is 0 Å². The molecule has 0 atom stereocenters. The highest BCUT2D eigenvalue weighted by atomic mass is 79.9. The Hall–Kier alpha value is -2.08. The lowest BCUT2D eigenvalue weighted by Crippen LogP contribution is -2.01. The second kappa shape index (κ2) is 4.66. The molecule has 0 N–H and O–H groups in total. The van der Waals surface area contributed by atoms with Crippen LogP contribution in [0.3, 0.4) is 0 Å². The summed E-state index contributed by atoms with van der Waals surface area (Å²) in [7, 11) is 0. The summed E-state index contributed by atoms with van der Waals surface area (Å²) in [4.78, 5) is 5.62. The van der Waals surface area contributed by atoms with Crippen LogP contribution in [0.15, 0.2) is 53.1 Å². The van der Waals surface area contributed by atoms with E-state index >= 15 is 0 Å². The van der Waals surface area contributed by atoms with Crippen molar-refractivity contribution in [2.45, 2.75) is 0 Å². The molecule has 0 aliphatic heterocycles. The lowest BCUT2D eigenvalue weighted by atomic mass is 10.2. The highest BCUT2D eigenvalue weighted by Crippen LogP contribution is 2.14. The van der Waals surface area contributed by atoms with Crippen LogP contribution in [0.2, 0.25) is 0 Å². The minimum atomic E-state index is 0.584. The summed E-state index contributed by atoms with van der Waals surface area (Å²) in [5, 5.41) is 12.3. The maximum Gasteiger partial charge on any atom is 0.205 e. The molecule has 0 aliphatic carbocycles. The third kappa shape index (κ3) is 2.14. The number of rotatable bonds is 2. The van der Waals surface area contributed by atoms with Gasteiger partial charge in [-0.05, 0) is 33.3 Å². The highest BCUT2D eigenvalue weighted by Gasteiger charge is 2.07. The van der Waals surface area contributed by atoms with Crippen molar-refractivity contribution in [1.82, 2.24) is 25.2 Å². The van der Waals surface area contributed by atoms with Crippen molar-refractivity contribution in [2.24, 2.45) is 0 Å². The number of hydrogen-bond donors (Lipinski definition) is 0. The van der Waals surface area contributed by atoms with Gasteiger partial charge in [-0.3, -0.25) is 0 Å². The molecule has 3 aromatic rings. The zero-order valence-corrected chi connectivity index (χ0v) is 10.8. The number of aromatic nitrogens is 5. The molecule has 0 radical (unpaired) electrons. The van der Waals surface area contributed by atoms with Crippen LogP contribution >= 0.6 is 15.9 Å². The Morgan fingerprint density at radius 1 is 1.00 bits per heavy atom. The monoisotopic (exact) mass is 301 g/mol. The van der Waals surface area contributed by atoms with Gasteiger partial charge in [-0.2, -0.15) is 0 Å². The molecule has 3 rings (SSSR count). The summed E-state index contributed by atoms with van der Waals surface area (Å²) >= 11 is 3.33. The molecule has 0 spiro atoms. The molecule has 0 aliphatic rings. The van der Waals surface area contributed by atoms with Gasteiger partial charge in [-0.25, -0.2) is 4.98 Å². The van der Waals surface area contributed by atoms with E-state index < -0.39 is 0 Å². The van der Waals surface area contributed by atoms with E-state index in [1.807, 2.05) is 42.5 Å². The zero-order valence-electron chi connectivity index (χ0n) is 9.23. The summed E-state index contributed by atoms with van der Waals surface area (Å²) in [6, 6.07) is 13.4. The van der Waals surface area contributed by atoms with Crippen LogP contribution in [0.4, 0.5) is 0 Å². The minimum absolute atomic E-state index is 0.584. The molecule has 18 heavy (non-hydrogen) atoms. The molecule has 2 aromatic heterocycles. The molecule has 0 saturated carbocycles. The first kappa shape index (κ1) is 11.0. The van der Waals surface area contributed by atoms with E-state index in [1.165, 1.54) is 4.80 Å². The predicted molar refractivity (Wildman–Crippen MR) is 70.1 cm³/mol. The quantitative estimate of drug-likeness (QED) is 0.730. The number of tetrazole rings is 1. The van der Waals surface area contributed by atoms with E-state index in [4.69, 9.17) is 0 Å². The fourth-order valence-electron chi connectivity index (χ4n) is 1.50. The average molecular weight is 302 g/mol. The first-order chi connectivity index (χ1) is 8.83. The standard InChI is InChI=1S/C12H8BrN5/c13-10-6-7-11(14-8-10)18-16-12(15-17-18)9-4-2-1-3-5-9/h1-8H. The van der Waals surface area contributed by atoms with Gasteiger partial charge in [0.1, 0.15) is 0 Å². The van der Waals surface area contributed by atoms with E-state index in [-0.39, 0.29) is 0 Å². The number of hydrogen-bond acceptors (Lipinski definition) is 4. The molecular formula is C12H8BrN5. The van der Waals surface area contributed by atoms with Crippen molar-refractivity contribution >= 4 is 15.9 Å². The second-order valence-corrected chi connectivity index (χ2v) is 4.52. The van der Waals surface area contributed by atoms with Crippen LogP contribution in [0.1, 0.15) is 0 Å². The lowest BCUT2D eigenvalue weighted by molar-refractivity contribution is 0.700. The van der Waals surface area contributed by atoms with Crippen molar-refractivity contribution in [1.29, 1.82) is 0 Å². The fourth-order valence-corrected chi connectivity index (χ4v) is 1.74. The van der Waals surface area contributed by atoms with Crippen LogP contribution < -0.4 is 0 Å². The lowest BCUT2D eigenvalue weighted by Gasteiger charge is -1.96. The van der Waals surface area contributed by atoms with Gasteiger partial charge in [-0.15, -0.1) is 15.0 Å². The summed E-state index contributed by atoms with van der Waals surface area (Å²) in [6.07, 6.45) is 1.70. The van der Waals surface area contributed by atoms with Crippen molar-refractivity contribution in [3.05, 3.63) is 53.1 Å². The Bertz CT molecular complexity index is 648. The van der Waals surface area contributed by atoms with Crippen molar-refractivity contribution in [3.8, 4) is 17.2 Å². The molecule has 1 aromatic carbocycles. The normalized spacial score (nSPS) is 10.5. The molecule has 0 amide bonds. The molecule has 0 unspecified atom stereocenters. The topological polar surface area (TPSA) is 56.5 Å². The molecule has 6 heteroatoms. The van der Waals surface area contributed by atoms with Crippen molar-refractivity contribution in [2.75, 3.05) is 0 Å². The van der Waals surface area contributed by atoms with Gasteiger partial charge < -0.3 is 0 Å². The first-order valence-corrected chi connectivity index (χ1v) is 6.09. The van der Waals surface area contributed by atoms with Crippen LogP contribution in [-0.2, 0) is 0 Å². The van der Waals surface area contributed by atoms with Crippen LogP contribution in [0, 0.1) is 0 Å². The summed E-state index contributed by atoms with van der Waals surface area (Å²) in [5.74, 6) is 1.22. The molecule has 2 heterocycles. The number of benzene rings is 1. The van der Waals surface area contributed by atoms with Gasteiger partial charge in [0.2, 0.25) is 5.82 Å². The SMILES string of the molecule is Brc1ccc(-n2nnc(-c3ccccc3)n2)nc1. The van der Waals surface area contributed by atoms with Gasteiger partial charge in [0.25, 0.3) is 0 Å². The Morgan fingerprint density at radius 2 is 1.83 bits per heavy atom. The van der Waals surface area contributed by atoms with Crippen molar-refractivity contribution in [3.63, 3.8) is 0 Å². The third-order valence-electron chi connectivity index (χ3n) is 2.36. The largest absolute Gasteiger partial charge is 0.234 e. The predicted octanol–water partition coefficient (Wildman–Crippen LogP) is 2.49. The van der Waals surface area contributed by atoms with E-state index in [0.717, 1.165) is 10.0 Å². The van der Waals surface area contributed by atoms with E-state index in [0.29, 0.717) is 11.6 Å². The first-order valence-electron chi connectivity index (χ1n) is 5.30. The molecule has 0 bridgehead atoms. The van der Waals surface area contributed by atoms with Gasteiger partial charge in [0.15, 0.2) is 5.82 Å². The van der Waals surface area contributed by atoms with Gasteiger partial charge >= 0.3 is 0 Å². The average Bonchev–Trinajstić information content (AvgIpc) is 2.90. The van der Waals surface area contributed by atoms with E-state index in [2.05, 4.69) is 36.3 Å². The molecule has 88 valence electrons. The number of nitrogens with zero attached hydrogens (tertiary/aromatic N) is 5. The van der Waals surface area contributed by atoms with Crippen LogP contribution in [0.5, 0.6) is 0 Å². The minimum Gasteiger partial charge on any atom is -0.234 e. The molecule has 0 saturated heterocycles. The molecular weight excluding hydrogens is 294 g/mol. The number of pyridine rings is 1. The Balaban J connectivity index is 1.97. The van der Waals surface area contributed by atoms with Crippen LogP contribution in [-0.4, -0.2) is 25.2 Å². The van der Waals surface area contributed by atoms with E-state index in [9.17, 15) is 0 Å². The third-order valence-corrected chi connectivity index (χ3v) is 2.83. The van der Waals surface area contributed by atoms with E-state index in [1.54, 1.807) is 6.20 Å². The zero-order chi connectivity index (χ0) is 12.4. The Morgan fingerprint density at radius 3 is 2.56 bits per heavy atom. The summed E-state index contributed by atoms with van der Waals surface area (Å²) in [6.45, 7) is 0. The number of halogens is 1. The van der Waals surface area contributed by atoms with Crippen molar-refractivity contribution < 1.29 is 0 Å². The summed E-state index contributed by atoms with van der Waals surface area (Å²) in [5.41, 5.74) is 0.931.